The highest BCUT2D eigenvalue weighted by atomic mass is 35.5. The van der Waals surface area contributed by atoms with E-state index in [1.54, 1.807) is 11.6 Å². The molecule has 1 saturated carbocycles. The number of hydrogen-bond donors (Lipinski definition) is 1. The zero-order chi connectivity index (χ0) is 9.73. The summed E-state index contributed by atoms with van der Waals surface area (Å²) >= 11 is 5.55. The molecule has 1 nitrogen and oxygen atoms in total. The molecule has 0 bridgehead atoms. The SMILES string of the molecule is C=C/C=C(\C=C/Cl)CC1(NC)CC1. The zero-order valence-corrected chi connectivity index (χ0v) is 8.77. The molecule has 0 aromatic rings. The normalized spacial score (nSPS) is 20.6. The maximum atomic E-state index is 5.55. The van der Waals surface area contributed by atoms with E-state index >= 15 is 0 Å². The van der Waals surface area contributed by atoms with Gasteiger partial charge in [0.15, 0.2) is 0 Å². The Kier molecular flexibility index (Phi) is 3.76. The number of allylic oxidation sites excluding steroid dienone is 3. The monoisotopic (exact) mass is 197 g/mol. The van der Waals surface area contributed by atoms with Crippen LogP contribution in [-0.2, 0) is 0 Å². The average Bonchev–Trinajstić information content (AvgIpc) is 2.87. The first-order chi connectivity index (χ1) is 6.26. The molecule has 72 valence electrons. The van der Waals surface area contributed by atoms with Gasteiger partial charge in [-0.3, -0.25) is 0 Å². The molecule has 0 aromatic heterocycles. The highest BCUT2D eigenvalue weighted by Gasteiger charge is 2.40. The van der Waals surface area contributed by atoms with Gasteiger partial charge < -0.3 is 5.32 Å². The van der Waals surface area contributed by atoms with E-state index in [4.69, 9.17) is 11.6 Å². The number of halogens is 1. The van der Waals surface area contributed by atoms with Crippen molar-refractivity contribution in [2.24, 2.45) is 0 Å². The Morgan fingerprint density at radius 2 is 2.31 bits per heavy atom. The molecule has 1 rings (SSSR count). The lowest BCUT2D eigenvalue weighted by atomic mass is 10.0. The topological polar surface area (TPSA) is 12.0 Å². The Balaban J connectivity index is 2.57. The highest BCUT2D eigenvalue weighted by Crippen LogP contribution is 2.40. The van der Waals surface area contributed by atoms with E-state index in [1.807, 2.05) is 19.2 Å². The van der Waals surface area contributed by atoms with E-state index in [-0.39, 0.29) is 0 Å². The number of hydrogen-bond acceptors (Lipinski definition) is 1. The van der Waals surface area contributed by atoms with Crippen molar-refractivity contribution >= 4 is 11.6 Å². The van der Waals surface area contributed by atoms with Crippen molar-refractivity contribution in [1.82, 2.24) is 5.32 Å². The fourth-order valence-electron chi connectivity index (χ4n) is 1.46. The maximum Gasteiger partial charge on any atom is 0.0220 e. The van der Waals surface area contributed by atoms with Gasteiger partial charge in [-0.05, 0) is 38.0 Å². The third kappa shape index (κ3) is 3.02. The molecule has 13 heavy (non-hydrogen) atoms. The molecule has 1 aliphatic rings. The van der Waals surface area contributed by atoms with Gasteiger partial charge in [0.05, 0.1) is 0 Å². The Labute approximate surface area is 85.2 Å². The molecule has 0 saturated heterocycles. The summed E-state index contributed by atoms with van der Waals surface area (Å²) in [5, 5.41) is 3.35. The molecule has 0 aromatic carbocycles. The fraction of sp³-hybridized carbons (Fsp3) is 0.455. The molecule has 0 aliphatic heterocycles. The zero-order valence-electron chi connectivity index (χ0n) is 8.02. The molecule has 1 fully saturated rings. The molecular formula is C11H16ClN. The van der Waals surface area contributed by atoms with Gasteiger partial charge in [-0.2, -0.15) is 0 Å². The molecule has 2 heteroatoms. The highest BCUT2D eigenvalue weighted by molar-refractivity contribution is 6.25. The van der Waals surface area contributed by atoms with Crippen LogP contribution in [0.4, 0.5) is 0 Å². The lowest BCUT2D eigenvalue weighted by Gasteiger charge is -2.13. The van der Waals surface area contributed by atoms with Crippen LogP contribution < -0.4 is 5.32 Å². The minimum Gasteiger partial charge on any atom is -0.314 e. The molecule has 0 atom stereocenters. The van der Waals surface area contributed by atoms with Crippen molar-refractivity contribution in [3.63, 3.8) is 0 Å². The van der Waals surface area contributed by atoms with Crippen molar-refractivity contribution in [2.45, 2.75) is 24.8 Å². The second-order valence-electron chi connectivity index (χ2n) is 3.48. The maximum absolute atomic E-state index is 5.55. The van der Waals surface area contributed by atoms with E-state index in [2.05, 4.69) is 11.9 Å². The Bertz CT molecular complexity index is 236. The smallest absolute Gasteiger partial charge is 0.0220 e. The van der Waals surface area contributed by atoms with Crippen LogP contribution in [0, 0.1) is 0 Å². The minimum atomic E-state index is 0.339. The van der Waals surface area contributed by atoms with E-state index < -0.39 is 0 Å². The molecule has 0 spiro atoms. The summed E-state index contributed by atoms with van der Waals surface area (Å²) in [5.74, 6) is 0. The molecule has 0 unspecified atom stereocenters. The summed E-state index contributed by atoms with van der Waals surface area (Å²) in [6.07, 6.45) is 9.30. The van der Waals surface area contributed by atoms with Crippen molar-refractivity contribution < 1.29 is 0 Å². The van der Waals surface area contributed by atoms with Crippen LogP contribution >= 0.6 is 11.6 Å². The summed E-state index contributed by atoms with van der Waals surface area (Å²) in [6, 6.07) is 0. The van der Waals surface area contributed by atoms with Crippen LogP contribution in [0.1, 0.15) is 19.3 Å². The Hall–Kier alpha value is -0.530. The van der Waals surface area contributed by atoms with Gasteiger partial charge in [0, 0.05) is 11.1 Å². The van der Waals surface area contributed by atoms with Gasteiger partial charge in [0.1, 0.15) is 0 Å². The second kappa shape index (κ2) is 4.64. The quantitative estimate of drug-likeness (QED) is 0.669. The van der Waals surface area contributed by atoms with E-state index in [1.165, 1.54) is 18.4 Å². The molecule has 0 radical (unpaired) electrons. The standard InChI is InChI=1S/C11H16ClN/c1-3-4-10(5-8-12)9-11(13-2)6-7-11/h3-5,8,13H,1,6-7,9H2,2H3/b8-5-,10-4+. The summed E-state index contributed by atoms with van der Waals surface area (Å²) in [4.78, 5) is 0. The van der Waals surface area contributed by atoms with Crippen molar-refractivity contribution in [1.29, 1.82) is 0 Å². The summed E-state index contributed by atoms with van der Waals surface area (Å²) in [7, 11) is 2.02. The molecular weight excluding hydrogens is 182 g/mol. The van der Waals surface area contributed by atoms with Crippen LogP contribution in [0.15, 0.2) is 35.9 Å². The largest absolute Gasteiger partial charge is 0.314 e. The van der Waals surface area contributed by atoms with Crippen molar-refractivity contribution in [2.75, 3.05) is 7.05 Å². The van der Waals surface area contributed by atoms with Crippen molar-refractivity contribution in [3.05, 3.63) is 35.9 Å². The second-order valence-corrected chi connectivity index (χ2v) is 3.73. The predicted molar refractivity (Wildman–Crippen MR) is 58.9 cm³/mol. The van der Waals surface area contributed by atoms with Gasteiger partial charge in [0.25, 0.3) is 0 Å². The first-order valence-electron chi connectivity index (χ1n) is 4.53. The van der Waals surface area contributed by atoms with Crippen LogP contribution in [0.5, 0.6) is 0 Å². The van der Waals surface area contributed by atoms with Crippen LogP contribution in [0.25, 0.3) is 0 Å². The molecule has 1 aliphatic carbocycles. The van der Waals surface area contributed by atoms with Gasteiger partial charge in [-0.25, -0.2) is 0 Å². The lowest BCUT2D eigenvalue weighted by molar-refractivity contribution is 0.551. The van der Waals surface area contributed by atoms with E-state index in [0.717, 1.165) is 6.42 Å². The summed E-state index contributed by atoms with van der Waals surface area (Å²) < 4.78 is 0. The summed E-state index contributed by atoms with van der Waals surface area (Å²) in [6.45, 7) is 3.69. The van der Waals surface area contributed by atoms with Crippen LogP contribution in [0.2, 0.25) is 0 Å². The van der Waals surface area contributed by atoms with Gasteiger partial charge in [-0.1, -0.05) is 30.3 Å². The summed E-state index contributed by atoms with van der Waals surface area (Å²) in [5.41, 5.74) is 3.13. The van der Waals surface area contributed by atoms with Crippen LogP contribution in [-0.4, -0.2) is 12.6 Å². The minimum absolute atomic E-state index is 0.339. The van der Waals surface area contributed by atoms with Crippen molar-refractivity contribution in [3.8, 4) is 0 Å². The number of rotatable bonds is 5. The predicted octanol–water partition coefficient (Wildman–Crippen LogP) is 2.99. The van der Waals surface area contributed by atoms with Gasteiger partial charge >= 0.3 is 0 Å². The Morgan fingerprint density at radius 3 is 2.69 bits per heavy atom. The first kappa shape index (κ1) is 10.6. The van der Waals surface area contributed by atoms with Gasteiger partial charge in [0.2, 0.25) is 0 Å². The van der Waals surface area contributed by atoms with Crippen LogP contribution in [0.3, 0.4) is 0 Å². The first-order valence-corrected chi connectivity index (χ1v) is 4.97. The van der Waals surface area contributed by atoms with Gasteiger partial charge in [-0.15, -0.1) is 0 Å². The molecule has 0 heterocycles. The molecule has 0 amide bonds. The van der Waals surface area contributed by atoms with E-state index in [0.29, 0.717) is 5.54 Å². The number of nitrogens with one attached hydrogen (secondary N) is 1. The third-order valence-corrected chi connectivity index (χ3v) is 2.66. The fourth-order valence-corrected chi connectivity index (χ4v) is 1.62. The van der Waals surface area contributed by atoms with E-state index in [9.17, 15) is 0 Å². The lowest BCUT2D eigenvalue weighted by Crippen LogP contribution is -2.27. The Morgan fingerprint density at radius 1 is 1.62 bits per heavy atom. The third-order valence-electron chi connectivity index (χ3n) is 2.54. The average molecular weight is 198 g/mol. The molecule has 1 N–H and O–H groups in total.